The number of ether oxygens (including phenoxy) is 2. The van der Waals surface area contributed by atoms with Gasteiger partial charge >= 0.3 is 0 Å². The van der Waals surface area contributed by atoms with E-state index >= 15 is 0 Å². The van der Waals surface area contributed by atoms with E-state index in [1.807, 2.05) is 78.9 Å². The molecule has 0 aromatic heterocycles. The zero-order valence-electron chi connectivity index (χ0n) is 36.2. The van der Waals surface area contributed by atoms with Crippen molar-refractivity contribution in [3.05, 3.63) is 142 Å². The monoisotopic (exact) mass is 885 g/mol. The molecule has 7 aliphatic rings. The zero-order valence-corrected chi connectivity index (χ0v) is 37.0. The maximum atomic E-state index is 14.2. The summed E-state index contributed by atoms with van der Waals surface area (Å²) in [5, 5.41) is 30.8. The van der Waals surface area contributed by atoms with Gasteiger partial charge < -0.3 is 36.3 Å². The summed E-state index contributed by atoms with van der Waals surface area (Å²) in [6, 6.07) is 29.0. The summed E-state index contributed by atoms with van der Waals surface area (Å²) < 4.78 is 54.0. The molecule has 0 amide bonds. The number of phenolic OH excluding ortho intramolecular Hbond substituents is 1. The molecule has 4 aromatic rings. The minimum absolute atomic E-state index is 0.0671. The molecule has 0 radical (unpaired) electrons. The highest BCUT2D eigenvalue weighted by Crippen LogP contribution is 2.55. The van der Waals surface area contributed by atoms with E-state index < -0.39 is 33.1 Å². The van der Waals surface area contributed by atoms with Crippen LogP contribution in [0.5, 0.6) is 11.5 Å². The van der Waals surface area contributed by atoms with E-state index in [0.717, 1.165) is 46.2 Å². The molecule has 0 spiro atoms. The standard InChI is InChI=1S/C52H59N3O8S/c1-31-10-11-37-24-42-17-19-44(37)46(31)27-48(64(59,60)61)47-26-39-22-38(25-43-21-33(29-56)8-5-9-36-23-41(58)16-18-45(36)50(39)62-43)49(47)35-12-14-40(15-13-35)52(63-42,55-51(53)54)28-34(30-57)20-32-6-3-2-4-7-32/h2-4,6-7,12-19,23-24,26,31,33-34,38,43,46-50,56-58H,8,10-11,20-22,25,27-30H2,1H3,(H4,53,54,55)(H,59,60,61). The van der Waals surface area contributed by atoms with Crippen molar-refractivity contribution in [2.75, 3.05) is 13.2 Å². The van der Waals surface area contributed by atoms with Crippen molar-refractivity contribution in [3.8, 4) is 23.3 Å². The first-order chi connectivity index (χ1) is 30.8. The Morgan fingerprint density at radius 2 is 1.75 bits per heavy atom. The SMILES string of the molecule is CC1CCc2cc3ccc2C1CC(S(=O)(=O)O)C1C=C2CC(CC4CC(CO)CC#Cc5cc(O)ccc5C2O4)C1c1ccc(cc1)C(CC(CO)Cc1ccccc1)(N=C(N)N)O3. The van der Waals surface area contributed by atoms with Gasteiger partial charge in [-0.3, -0.25) is 4.55 Å². The molecule has 1 fully saturated rings. The molecular formula is C52H59N3O8S. The van der Waals surface area contributed by atoms with Crippen molar-refractivity contribution >= 4 is 16.1 Å². The number of guanidine groups is 1. The number of aliphatic hydroxyl groups is 2. The van der Waals surface area contributed by atoms with Gasteiger partial charge in [-0.25, -0.2) is 4.99 Å². The fraction of sp³-hybridized carbons (Fsp3) is 0.442. The van der Waals surface area contributed by atoms with Gasteiger partial charge in [-0.15, -0.1) is 0 Å². The van der Waals surface area contributed by atoms with E-state index in [-0.39, 0.29) is 79.4 Å². The van der Waals surface area contributed by atoms with Crippen LogP contribution in [-0.2, 0) is 33.4 Å². The van der Waals surface area contributed by atoms with Crippen molar-refractivity contribution in [1.29, 1.82) is 0 Å². The molecule has 5 aliphatic heterocycles. The molecule has 1 saturated heterocycles. The van der Waals surface area contributed by atoms with Crippen molar-refractivity contribution in [2.24, 2.45) is 46.0 Å². The minimum Gasteiger partial charge on any atom is -0.508 e. The topological polar surface area (TPSA) is 198 Å². The van der Waals surface area contributed by atoms with E-state index in [1.54, 1.807) is 12.1 Å². The Hall–Kier alpha value is -5.16. The van der Waals surface area contributed by atoms with Crippen LogP contribution in [0.4, 0.5) is 0 Å². The lowest BCUT2D eigenvalue weighted by molar-refractivity contribution is -0.0131. The summed E-state index contributed by atoms with van der Waals surface area (Å²) in [5.74, 6) is 5.29. The number of phenols is 1. The number of aliphatic hydroxyl groups excluding tert-OH is 2. The number of fused-ring (bicyclic) bond motifs is 9. The van der Waals surface area contributed by atoms with Crippen LogP contribution in [0, 0.1) is 41.4 Å². The number of allylic oxidation sites excluding steroid dienone is 1. The van der Waals surface area contributed by atoms with Crippen molar-refractivity contribution < 1.29 is 37.8 Å². The lowest BCUT2D eigenvalue weighted by Gasteiger charge is -2.42. The van der Waals surface area contributed by atoms with Gasteiger partial charge in [0.05, 0.1) is 11.4 Å². The predicted molar refractivity (Wildman–Crippen MR) is 246 cm³/mol. The maximum absolute atomic E-state index is 14.2. The van der Waals surface area contributed by atoms with Crippen molar-refractivity contribution in [2.45, 2.75) is 99.7 Å². The number of aryl methyl sites for hydroxylation is 1. The summed E-state index contributed by atoms with van der Waals surface area (Å²) in [6.45, 7) is 1.95. The van der Waals surface area contributed by atoms with Gasteiger partial charge in [-0.05, 0) is 133 Å². The second-order valence-electron chi connectivity index (χ2n) is 19.0. The molecule has 8 N–H and O–H groups in total. The van der Waals surface area contributed by atoms with Gasteiger partial charge in [-0.2, -0.15) is 8.42 Å². The lowest BCUT2D eigenvalue weighted by atomic mass is 9.64. The number of aromatic hydroxyl groups is 1. The summed E-state index contributed by atoms with van der Waals surface area (Å²) in [7, 11) is -4.65. The molecule has 336 valence electrons. The first kappa shape index (κ1) is 44.1. The highest BCUT2D eigenvalue weighted by molar-refractivity contribution is 7.86. The number of nitrogens with zero attached hydrogens (tertiary/aromatic N) is 1. The van der Waals surface area contributed by atoms with E-state index in [4.69, 9.17) is 25.9 Å². The average molecular weight is 886 g/mol. The van der Waals surface area contributed by atoms with Gasteiger partial charge in [0, 0.05) is 48.7 Å². The molecule has 4 aromatic carbocycles. The van der Waals surface area contributed by atoms with E-state index in [2.05, 4.69) is 24.8 Å². The van der Waals surface area contributed by atoms with E-state index in [9.17, 15) is 28.3 Å². The first-order valence-corrected chi connectivity index (χ1v) is 24.2. The Labute approximate surface area is 376 Å². The van der Waals surface area contributed by atoms with Gasteiger partial charge in [0.25, 0.3) is 10.1 Å². The maximum Gasteiger partial charge on any atom is 0.268 e. The number of aliphatic imine (C=N–C) groups is 1. The zero-order chi connectivity index (χ0) is 44.8. The average Bonchev–Trinajstić information content (AvgIpc) is 3.40. The normalized spacial score (nSPS) is 30.0. The van der Waals surface area contributed by atoms with Gasteiger partial charge in [0.1, 0.15) is 17.6 Å². The number of benzene rings is 4. The molecule has 10 bridgehead atoms. The second kappa shape index (κ2) is 18.0. The number of nitrogens with two attached hydrogens (primary N) is 2. The Kier molecular flexibility index (Phi) is 12.4. The van der Waals surface area contributed by atoms with Crippen LogP contribution in [0.1, 0.15) is 109 Å². The van der Waals surface area contributed by atoms with Crippen LogP contribution in [0.25, 0.3) is 0 Å². The molecule has 5 heterocycles. The van der Waals surface area contributed by atoms with E-state index in [1.165, 1.54) is 0 Å². The van der Waals surface area contributed by atoms with Crippen LogP contribution < -0.4 is 16.2 Å². The van der Waals surface area contributed by atoms with Crippen molar-refractivity contribution in [3.63, 3.8) is 0 Å². The quantitative estimate of drug-likeness (QED) is 0.0341. The molecule has 12 heteroatoms. The molecule has 0 saturated carbocycles. The number of hydrogen-bond donors (Lipinski definition) is 6. The molecule has 11 atom stereocenters. The van der Waals surface area contributed by atoms with E-state index in [0.29, 0.717) is 49.0 Å². The Balaban J connectivity index is 1.25. The van der Waals surface area contributed by atoms with Gasteiger partial charge in [-0.1, -0.05) is 91.6 Å². The number of hydrogen-bond acceptors (Lipinski definition) is 8. The Morgan fingerprint density at radius 3 is 2.48 bits per heavy atom. The fourth-order valence-electron chi connectivity index (χ4n) is 11.7. The smallest absolute Gasteiger partial charge is 0.268 e. The number of rotatable bonds is 8. The highest BCUT2D eigenvalue weighted by atomic mass is 32.2. The molecule has 11 rings (SSSR count). The van der Waals surface area contributed by atoms with Crippen LogP contribution in [0.3, 0.4) is 0 Å². The largest absolute Gasteiger partial charge is 0.508 e. The molecule has 64 heavy (non-hydrogen) atoms. The highest BCUT2D eigenvalue weighted by Gasteiger charge is 2.49. The summed E-state index contributed by atoms with van der Waals surface area (Å²) in [5.41, 5.74) is 18.1. The summed E-state index contributed by atoms with van der Waals surface area (Å²) >= 11 is 0. The van der Waals surface area contributed by atoms with Crippen LogP contribution in [-0.4, -0.2) is 58.8 Å². The fourth-order valence-corrected chi connectivity index (χ4v) is 12.8. The third-order valence-electron chi connectivity index (χ3n) is 14.7. The molecule has 11 unspecified atom stereocenters. The summed E-state index contributed by atoms with van der Waals surface area (Å²) in [6.07, 6.45) is 5.94. The third-order valence-corrected chi connectivity index (χ3v) is 16.0. The third kappa shape index (κ3) is 8.93. The first-order valence-electron chi connectivity index (χ1n) is 22.7. The molecule has 11 nitrogen and oxygen atoms in total. The van der Waals surface area contributed by atoms with Crippen molar-refractivity contribution in [1.82, 2.24) is 0 Å². The second-order valence-corrected chi connectivity index (χ2v) is 20.6. The van der Waals surface area contributed by atoms with Crippen LogP contribution >= 0.6 is 0 Å². The van der Waals surface area contributed by atoms with Crippen LogP contribution in [0.15, 0.2) is 108 Å². The Morgan fingerprint density at radius 1 is 0.969 bits per heavy atom. The minimum atomic E-state index is -4.65. The predicted octanol–water partition coefficient (Wildman–Crippen LogP) is 7.39. The van der Waals surface area contributed by atoms with Crippen LogP contribution in [0.2, 0.25) is 0 Å². The lowest BCUT2D eigenvalue weighted by Crippen LogP contribution is -2.40. The molecular weight excluding hydrogens is 827 g/mol. The summed E-state index contributed by atoms with van der Waals surface area (Å²) in [4.78, 5) is 4.88. The van der Waals surface area contributed by atoms with Gasteiger partial charge in [0.15, 0.2) is 5.96 Å². The Bertz CT molecular complexity index is 2580. The van der Waals surface area contributed by atoms with Gasteiger partial charge in [0.2, 0.25) is 5.72 Å². The molecule has 2 aliphatic carbocycles.